The Balaban J connectivity index is 0. The first kappa shape index (κ1) is 9.68. The molecule has 0 unspecified atom stereocenters. The quantitative estimate of drug-likeness (QED) is 0.535. The molecule has 0 saturated heterocycles. The van der Waals surface area contributed by atoms with Gasteiger partial charge in [-0.25, -0.2) is 0 Å². The predicted molar refractivity (Wildman–Crippen MR) is 19.1 cm³/mol. The number of hydrogen-bond acceptors (Lipinski definition) is 0. The molecule has 0 radical (unpaired) electrons. The van der Waals surface area contributed by atoms with Crippen molar-refractivity contribution in [2.75, 3.05) is 0 Å². The van der Waals surface area contributed by atoms with E-state index >= 15 is 0 Å². The Hall–Kier alpha value is 2.45. The van der Waals surface area contributed by atoms with Gasteiger partial charge in [-0.1, -0.05) is 0 Å². The van der Waals surface area contributed by atoms with Gasteiger partial charge in [0, 0.05) is 27.3 Å². The molecule has 0 aliphatic carbocycles. The Kier molecular flexibility index (Phi) is 21.9. The van der Waals surface area contributed by atoms with Crippen LogP contribution in [0.3, 0.4) is 0 Å². The zero-order valence-corrected chi connectivity index (χ0v) is 10.8. The van der Waals surface area contributed by atoms with Gasteiger partial charge in [0.2, 0.25) is 0 Å². The van der Waals surface area contributed by atoms with E-state index in [2.05, 4.69) is 14.4 Å². The Morgan fingerprint density at radius 1 is 1.75 bits per heavy atom. The predicted octanol–water partition coefficient (Wildman–Crippen LogP) is -0.116. The fourth-order valence-corrected chi connectivity index (χ4v) is 0. The molecule has 0 fully saturated rings. The van der Waals surface area contributed by atoms with Gasteiger partial charge in [-0.3, -0.25) is 0 Å². The van der Waals surface area contributed by atoms with Gasteiger partial charge in [-0.15, -0.1) is 0 Å². The van der Waals surface area contributed by atoms with E-state index in [9.17, 15) is 0 Å². The van der Waals surface area contributed by atoms with Crippen molar-refractivity contribution in [3.63, 3.8) is 0 Å². The van der Waals surface area contributed by atoms with Gasteiger partial charge in [-0.05, 0) is 0 Å². The van der Waals surface area contributed by atoms with E-state index in [1.54, 1.807) is 6.39 Å². The molecule has 0 aromatic carbocycles. The molecule has 0 heterocycles. The van der Waals surface area contributed by atoms with Crippen LogP contribution in [-0.4, -0.2) is 34.7 Å². The van der Waals surface area contributed by atoms with Crippen LogP contribution in [0.15, 0.2) is 0 Å². The average Bonchev–Trinajstić information content (AvgIpc) is 0.918. The standard InChI is InChI=1S/Cd.SSeTe/c;2-1-3. The molecular formula is CdSSeTe. The molecule has 4 heteroatoms. The van der Waals surface area contributed by atoms with E-state index in [0.717, 1.165) is 0 Å². The summed E-state index contributed by atoms with van der Waals surface area (Å²) in [5, 5.41) is 0. The topological polar surface area (TPSA) is 0 Å². The van der Waals surface area contributed by atoms with E-state index in [1.807, 2.05) is 20.4 Å². The molecule has 4 heavy (non-hydrogen) atoms. The Bertz CT molecular complexity index is 29.0. The van der Waals surface area contributed by atoms with Crippen LogP contribution in [0.2, 0.25) is 0 Å². The van der Waals surface area contributed by atoms with Crippen molar-refractivity contribution in [1.29, 1.82) is 0 Å². The zero-order valence-electron chi connectivity index (χ0n) is 1.93. The molecule has 0 aromatic rings. The number of rotatable bonds is 0. The molecule has 0 aromatic heterocycles. The molecule has 0 spiro atoms. The van der Waals surface area contributed by atoms with Crippen LogP contribution in [0.5, 0.6) is 0 Å². The second-order valence-electron chi connectivity index (χ2n) is 0.0680. The summed E-state index contributed by atoms with van der Waals surface area (Å²) in [5.74, 6) is 0. The van der Waals surface area contributed by atoms with Crippen molar-refractivity contribution >= 4 is 41.1 Å². The molecule has 0 atom stereocenters. The van der Waals surface area contributed by atoms with E-state index in [0.29, 0.717) is 0 Å². The molecule has 0 bridgehead atoms. The van der Waals surface area contributed by atoms with Gasteiger partial charge >= 0.3 is 41.1 Å². The van der Waals surface area contributed by atoms with Gasteiger partial charge < -0.3 is 0 Å². The summed E-state index contributed by atoms with van der Waals surface area (Å²) >= 11 is 4.66. The summed E-state index contributed by atoms with van der Waals surface area (Å²) in [4.78, 5) is 0. The Morgan fingerprint density at radius 2 is 1.75 bits per heavy atom. The van der Waals surface area contributed by atoms with Crippen molar-refractivity contribution < 1.29 is 27.3 Å². The first-order valence-corrected chi connectivity index (χ1v) is 5.95. The van der Waals surface area contributed by atoms with Crippen molar-refractivity contribution in [2.24, 2.45) is 0 Å². The van der Waals surface area contributed by atoms with E-state index in [-0.39, 0.29) is 27.3 Å². The molecular weight excluding hydrogens is 351 g/mol. The Labute approximate surface area is 67.2 Å². The van der Waals surface area contributed by atoms with Gasteiger partial charge in [0.25, 0.3) is 0 Å². The summed E-state index contributed by atoms with van der Waals surface area (Å²) in [6, 6.07) is 0. The molecule has 20 valence electrons. The summed E-state index contributed by atoms with van der Waals surface area (Å²) in [5.41, 5.74) is 0. The second kappa shape index (κ2) is 9.07. The third-order valence-electron chi connectivity index (χ3n) is 0. The first-order chi connectivity index (χ1) is 1.41. The number of hydrogen-bond donors (Lipinski definition) is 0. The maximum absolute atomic E-state index is 2.73. The van der Waals surface area contributed by atoms with Crippen LogP contribution in [0.25, 0.3) is 0 Å². The van der Waals surface area contributed by atoms with Gasteiger partial charge in [0.1, 0.15) is 0 Å². The molecule has 0 amide bonds. The fourth-order valence-electron chi connectivity index (χ4n) is 0. The van der Waals surface area contributed by atoms with Crippen LogP contribution in [0.1, 0.15) is 0 Å². The average molecular weight is 351 g/mol. The zero-order chi connectivity index (χ0) is 2.71. The fraction of sp³-hybridized carbons (Fsp3) is 0. The molecule has 0 rings (SSSR count). The van der Waals surface area contributed by atoms with Crippen LogP contribution in [0, 0.1) is 0 Å². The third-order valence-corrected chi connectivity index (χ3v) is 0. The van der Waals surface area contributed by atoms with Crippen molar-refractivity contribution in [2.45, 2.75) is 0 Å². The van der Waals surface area contributed by atoms with Gasteiger partial charge in [0.05, 0.1) is 0 Å². The van der Waals surface area contributed by atoms with Crippen LogP contribution < -0.4 is 0 Å². The van der Waals surface area contributed by atoms with Crippen LogP contribution in [-0.2, 0) is 27.3 Å². The molecule has 0 saturated carbocycles. The van der Waals surface area contributed by atoms with Crippen LogP contribution >= 0.6 is 6.39 Å². The Morgan fingerprint density at radius 3 is 1.75 bits per heavy atom. The van der Waals surface area contributed by atoms with Crippen molar-refractivity contribution in [3.05, 3.63) is 0 Å². The summed E-state index contributed by atoms with van der Waals surface area (Å²) in [6.45, 7) is 0. The van der Waals surface area contributed by atoms with E-state index < -0.39 is 0 Å². The first-order valence-electron chi connectivity index (χ1n) is 0.333. The minimum atomic E-state index is 0. The molecule has 0 aliphatic rings. The normalized spacial score (nSPS) is 3.00. The van der Waals surface area contributed by atoms with E-state index in [1.165, 1.54) is 0 Å². The molecule has 0 N–H and O–H groups in total. The van der Waals surface area contributed by atoms with Gasteiger partial charge in [-0.2, -0.15) is 0 Å². The molecule has 0 aliphatic heterocycles. The third kappa shape index (κ3) is 8.82. The minimum absolute atomic E-state index is 0. The van der Waals surface area contributed by atoms with E-state index in [4.69, 9.17) is 0 Å². The second-order valence-corrected chi connectivity index (χ2v) is 7.12. The SMILES string of the molecule is [Cd].[Se]=S=[Te]. The summed E-state index contributed by atoms with van der Waals surface area (Å²) < 4.78 is 0. The summed E-state index contributed by atoms with van der Waals surface area (Å²) in [7, 11) is 0. The van der Waals surface area contributed by atoms with Gasteiger partial charge in [0.15, 0.2) is 0 Å². The summed E-state index contributed by atoms with van der Waals surface area (Å²) in [6.07, 6.45) is 1.63. The monoisotopic (exact) mass is 356 g/mol. The van der Waals surface area contributed by atoms with Crippen molar-refractivity contribution in [1.82, 2.24) is 0 Å². The maximum atomic E-state index is 2.73. The van der Waals surface area contributed by atoms with Crippen LogP contribution in [0.4, 0.5) is 0 Å². The molecule has 0 nitrogen and oxygen atoms in total. The van der Waals surface area contributed by atoms with Crippen molar-refractivity contribution in [3.8, 4) is 0 Å².